The number of fused-ring (bicyclic) bond motifs is 2. The zero-order valence-corrected chi connectivity index (χ0v) is 17.7. The minimum atomic E-state index is -0.915. The first-order valence-electron chi connectivity index (χ1n) is 10.6. The second-order valence-corrected chi connectivity index (χ2v) is 7.83. The van der Waals surface area contributed by atoms with Gasteiger partial charge in [-0.25, -0.2) is 4.79 Å². The lowest BCUT2D eigenvalue weighted by Gasteiger charge is -2.17. The van der Waals surface area contributed by atoms with Crippen LogP contribution in [0.2, 0.25) is 0 Å². The highest BCUT2D eigenvalue weighted by Crippen LogP contribution is 2.36. The van der Waals surface area contributed by atoms with Crippen LogP contribution in [0.3, 0.4) is 0 Å². The predicted octanol–water partition coefficient (Wildman–Crippen LogP) is 6.78. The molecular formula is C28H22N2O2. The van der Waals surface area contributed by atoms with E-state index in [1.165, 1.54) is 16.7 Å². The predicted molar refractivity (Wildman–Crippen MR) is 130 cm³/mol. The van der Waals surface area contributed by atoms with Gasteiger partial charge >= 0.3 is 5.97 Å². The lowest BCUT2D eigenvalue weighted by Crippen LogP contribution is -1.97. The molecule has 1 heterocycles. The number of aromatic amines is 1. The lowest BCUT2D eigenvalue weighted by molar-refractivity contribution is 0.0697. The Balaban J connectivity index is 1.76. The molecule has 4 nitrogen and oxygen atoms in total. The summed E-state index contributed by atoms with van der Waals surface area (Å²) < 4.78 is 0. The summed E-state index contributed by atoms with van der Waals surface area (Å²) in [6.45, 7) is 2.18. The minimum absolute atomic E-state index is 0.296. The summed E-state index contributed by atoms with van der Waals surface area (Å²) in [4.78, 5) is 11.4. The second-order valence-electron chi connectivity index (χ2n) is 7.83. The number of aromatic nitrogens is 2. The lowest BCUT2D eigenvalue weighted by atomic mass is 9.87. The number of aromatic carboxylic acids is 1. The zero-order valence-electron chi connectivity index (χ0n) is 17.7. The van der Waals surface area contributed by atoms with Crippen LogP contribution in [-0.4, -0.2) is 21.3 Å². The van der Waals surface area contributed by atoms with Gasteiger partial charge in [0, 0.05) is 5.39 Å². The molecule has 0 aliphatic carbocycles. The molecule has 0 fully saturated rings. The SMILES string of the molecule is CC/C(=C(\c1ccc2cc(C(=O)O)ccc2c1)c1ccc2[nH]ncc2c1)c1ccccc1. The van der Waals surface area contributed by atoms with Crippen LogP contribution < -0.4 is 0 Å². The number of carboxylic acids is 1. The number of hydrogen-bond donors (Lipinski definition) is 2. The van der Waals surface area contributed by atoms with Gasteiger partial charge in [0.2, 0.25) is 0 Å². The van der Waals surface area contributed by atoms with Crippen molar-refractivity contribution < 1.29 is 9.90 Å². The van der Waals surface area contributed by atoms with E-state index in [9.17, 15) is 9.90 Å². The molecular weight excluding hydrogens is 396 g/mol. The smallest absolute Gasteiger partial charge is 0.335 e. The van der Waals surface area contributed by atoms with Crippen molar-refractivity contribution in [3.05, 3.63) is 113 Å². The van der Waals surface area contributed by atoms with Crippen molar-refractivity contribution in [1.82, 2.24) is 10.2 Å². The number of H-pyrrole nitrogens is 1. The Labute approximate surface area is 185 Å². The number of allylic oxidation sites excluding steroid dienone is 1. The maximum atomic E-state index is 11.4. The molecule has 1 aromatic heterocycles. The van der Waals surface area contributed by atoms with Crippen LogP contribution in [0.5, 0.6) is 0 Å². The Bertz CT molecular complexity index is 1480. The molecule has 0 bridgehead atoms. The van der Waals surface area contributed by atoms with Gasteiger partial charge in [-0.2, -0.15) is 5.10 Å². The molecule has 0 unspecified atom stereocenters. The molecule has 0 aliphatic rings. The maximum absolute atomic E-state index is 11.4. The molecule has 156 valence electrons. The number of nitrogens with one attached hydrogen (secondary N) is 1. The van der Waals surface area contributed by atoms with E-state index in [4.69, 9.17) is 0 Å². The fourth-order valence-electron chi connectivity index (χ4n) is 4.31. The molecule has 0 aliphatic heterocycles. The van der Waals surface area contributed by atoms with E-state index >= 15 is 0 Å². The normalized spacial score (nSPS) is 12.2. The summed E-state index contributed by atoms with van der Waals surface area (Å²) in [5.41, 5.74) is 7.15. The molecule has 0 atom stereocenters. The summed E-state index contributed by atoms with van der Waals surface area (Å²) in [5.74, 6) is -0.915. The van der Waals surface area contributed by atoms with Gasteiger partial charge in [0.25, 0.3) is 0 Å². The molecule has 32 heavy (non-hydrogen) atoms. The first kappa shape index (κ1) is 19.8. The molecule has 5 rings (SSSR count). The van der Waals surface area contributed by atoms with Gasteiger partial charge in [-0.1, -0.05) is 61.5 Å². The van der Waals surface area contributed by atoms with Gasteiger partial charge < -0.3 is 5.11 Å². The van der Waals surface area contributed by atoms with Crippen molar-refractivity contribution in [1.29, 1.82) is 0 Å². The largest absolute Gasteiger partial charge is 0.478 e. The Morgan fingerprint density at radius 2 is 1.41 bits per heavy atom. The average molecular weight is 418 g/mol. The Hall–Kier alpha value is -4.18. The van der Waals surface area contributed by atoms with E-state index in [1.54, 1.807) is 12.1 Å². The number of benzene rings is 4. The van der Waals surface area contributed by atoms with Crippen LogP contribution in [0.1, 0.15) is 40.4 Å². The summed E-state index contributed by atoms with van der Waals surface area (Å²) in [6, 6.07) is 28.3. The van der Waals surface area contributed by atoms with Crippen molar-refractivity contribution in [3.63, 3.8) is 0 Å². The van der Waals surface area contributed by atoms with Gasteiger partial charge in [0.15, 0.2) is 0 Å². The third-order valence-corrected chi connectivity index (χ3v) is 5.88. The zero-order chi connectivity index (χ0) is 22.1. The Morgan fingerprint density at radius 1 is 0.781 bits per heavy atom. The van der Waals surface area contributed by atoms with Gasteiger partial charge in [0.1, 0.15) is 0 Å². The van der Waals surface area contributed by atoms with Gasteiger partial charge in [-0.15, -0.1) is 0 Å². The molecule has 0 amide bonds. The van der Waals surface area contributed by atoms with Crippen molar-refractivity contribution in [2.45, 2.75) is 13.3 Å². The van der Waals surface area contributed by atoms with E-state index in [2.05, 4.69) is 71.7 Å². The second kappa shape index (κ2) is 8.16. The van der Waals surface area contributed by atoms with Crippen LogP contribution >= 0.6 is 0 Å². The summed E-state index contributed by atoms with van der Waals surface area (Å²) in [5, 5.41) is 19.5. The summed E-state index contributed by atoms with van der Waals surface area (Å²) in [7, 11) is 0. The van der Waals surface area contributed by atoms with Crippen LogP contribution in [0.15, 0.2) is 91.1 Å². The Morgan fingerprint density at radius 3 is 2.09 bits per heavy atom. The van der Waals surface area contributed by atoms with Gasteiger partial charge in [0.05, 0.1) is 17.3 Å². The van der Waals surface area contributed by atoms with E-state index in [1.807, 2.05) is 24.4 Å². The highest BCUT2D eigenvalue weighted by molar-refractivity contribution is 6.03. The first-order valence-corrected chi connectivity index (χ1v) is 10.6. The highest BCUT2D eigenvalue weighted by atomic mass is 16.4. The fraction of sp³-hybridized carbons (Fsp3) is 0.0714. The van der Waals surface area contributed by atoms with Crippen molar-refractivity contribution in [2.75, 3.05) is 0 Å². The molecule has 0 spiro atoms. The average Bonchev–Trinajstić information content (AvgIpc) is 3.30. The van der Waals surface area contributed by atoms with Crippen LogP contribution in [-0.2, 0) is 0 Å². The monoisotopic (exact) mass is 418 g/mol. The maximum Gasteiger partial charge on any atom is 0.335 e. The van der Waals surface area contributed by atoms with E-state index in [0.29, 0.717) is 5.56 Å². The molecule has 0 saturated heterocycles. The molecule has 0 saturated carbocycles. The van der Waals surface area contributed by atoms with E-state index < -0.39 is 5.97 Å². The van der Waals surface area contributed by atoms with Crippen molar-refractivity contribution >= 4 is 38.8 Å². The third kappa shape index (κ3) is 3.56. The van der Waals surface area contributed by atoms with Crippen LogP contribution in [0.25, 0.3) is 32.8 Å². The summed E-state index contributed by atoms with van der Waals surface area (Å²) >= 11 is 0. The van der Waals surface area contributed by atoms with Crippen molar-refractivity contribution in [3.8, 4) is 0 Å². The summed E-state index contributed by atoms with van der Waals surface area (Å²) in [6.07, 6.45) is 2.72. The molecule has 0 radical (unpaired) electrons. The number of hydrogen-bond acceptors (Lipinski definition) is 2. The quantitative estimate of drug-likeness (QED) is 0.309. The standard InChI is InChI=1S/C28H22N2O2/c1-2-25(18-6-4-3-5-7-18)27(22-12-13-26-24(16-22)17-29-30-26)21-10-8-20-15-23(28(31)32)11-9-19(20)14-21/h3-17H,2H2,1H3,(H,29,30)(H,31,32)/b27-25-. The first-order chi connectivity index (χ1) is 15.6. The van der Waals surface area contributed by atoms with Gasteiger partial charge in [-0.3, -0.25) is 5.10 Å². The molecule has 4 aromatic carbocycles. The van der Waals surface area contributed by atoms with Crippen LogP contribution in [0.4, 0.5) is 0 Å². The third-order valence-electron chi connectivity index (χ3n) is 5.88. The Kier molecular flexibility index (Phi) is 5.04. The molecule has 2 N–H and O–H groups in total. The molecule has 5 aromatic rings. The van der Waals surface area contributed by atoms with Crippen molar-refractivity contribution in [2.24, 2.45) is 0 Å². The van der Waals surface area contributed by atoms with Gasteiger partial charge in [-0.05, 0) is 75.4 Å². The number of rotatable bonds is 5. The molecule has 4 heteroatoms. The fourth-order valence-corrected chi connectivity index (χ4v) is 4.31. The number of nitrogens with zero attached hydrogens (tertiary/aromatic N) is 1. The van der Waals surface area contributed by atoms with E-state index in [-0.39, 0.29) is 0 Å². The van der Waals surface area contributed by atoms with Crippen LogP contribution in [0, 0.1) is 0 Å². The highest BCUT2D eigenvalue weighted by Gasteiger charge is 2.15. The number of carbonyl (C=O) groups is 1. The van der Waals surface area contributed by atoms with E-state index in [0.717, 1.165) is 39.2 Å². The number of carboxylic acid groups (broad SMARTS) is 1. The minimum Gasteiger partial charge on any atom is -0.478 e. The topological polar surface area (TPSA) is 66.0 Å².